The molecule has 76 valence electrons. The Hall–Kier alpha value is -1.93. The van der Waals surface area contributed by atoms with Gasteiger partial charge in [0.25, 0.3) is 0 Å². The van der Waals surface area contributed by atoms with Crippen LogP contribution in [-0.2, 0) is 11.3 Å². The van der Waals surface area contributed by atoms with Crippen LogP contribution >= 0.6 is 0 Å². The van der Waals surface area contributed by atoms with Gasteiger partial charge in [-0.25, -0.2) is 4.98 Å². The SMILES string of the molecule is C#CCOCC1=NCc2nccnc2N1. The van der Waals surface area contributed by atoms with Crippen molar-refractivity contribution in [2.45, 2.75) is 6.54 Å². The molecule has 0 saturated heterocycles. The zero-order chi connectivity index (χ0) is 10.5. The van der Waals surface area contributed by atoms with Crippen molar-refractivity contribution in [3.63, 3.8) is 0 Å². The number of aliphatic imine (C=N–C) groups is 1. The number of ether oxygens (including phenoxy) is 1. The molecule has 1 aromatic heterocycles. The minimum atomic E-state index is 0.286. The van der Waals surface area contributed by atoms with Gasteiger partial charge in [0.05, 0.1) is 6.54 Å². The van der Waals surface area contributed by atoms with Crippen molar-refractivity contribution in [3.8, 4) is 12.3 Å². The van der Waals surface area contributed by atoms with Crippen LogP contribution in [0.4, 0.5) is 5.82 Å². The quantitative estimate of drug-likeness (QED) is 0.571. The maximum Gasteiger partial charge on any atom is 0.155 e. The molecule has 5 heteroatoms. The van der Waals surface area contributed by atoms with E-state index in [0.717, 1.165) is 17.3 Å². The van der Waals surface area contributed by atoms with Gasteiger partial charge in [0.15, 0.2) is 5.82 Å². The number of aromatic nitrogens is 2. The Balaban J connectivity index is 1.98. The molecule has 0 spiro atoms. The molecule has 0 aromatic carbocycles. The van der Waals surface area contributed by atoms with Crippen molar-refractivity contribution < 1.29 is 4.74 Å². The molecule has 0 saturated carbocycles. The number of nitrogens with one attached hydrogen (secondary N) is 1. The third-order valence-electron chi connectivity index (χ3n) is 1.88. The monoisotopic (exact) mass is 202 g/mol. The van der Waals surface area contributed by atoms with Crippen LogP contribution in [0.1, 0.15) is 5.69 Å². The molecule has 5 nitrogen and oxygen atoms in total. The molecular formula is C10H10N4O. The van der Waals surface area contributed by atoms with Crippen molar-refractivity contribution in [2.24, 2.45) is 4.99 Å². The van der Waals surface area contributed by atoms with Crippen LogP contribution in [0.2, 0.25) is 0 Å². The van der Waals surface area contributed by atoms with Crippen molar-refractivity contribution >= 4 is 11.7 Å². The maximum atomic E-state index is 5.16. The highest BCUT2D eigenvalue weighted by Crippen LogP contribution is 2.13. The van der Waals surface area contributed by atoms with Gasteiger partial charge in [-0.05, 0) is 0 Å². The zero-order valence-corrected chi connectivity index (χ0v) is 8.10. The number of amidine groups is 1. The molecule has 0 unspecified atom stereocenters. The number of fused-ring (bicyclic) bond motifs is 1. The van der Waals surface area contributed by atoms with Gasteiger partial charge < -0.3 is 10.1 Å². The van der Waals surface area contributed by atoms with Gasteiger partial charge in [-0.3, -0.25) is 9.98 Å². The second-order valence-electron chi connectivity index (χ2n) is 2.94. The first-order chi connectivity index (χ1) is 7.40. The lowest BCUT2D eigenvalue weighted by Gasteiger charge is -2.15. The Morgan fingerprint density at radius 2 is 2.33 bits per heavy atom. The number of nitrogens with zero attached hydrogens (tertiary/aromatic N) is 3. The fraction of sp³-hybridized carbons (Fsp3) is 0.300. The molecule has 0 radical (unpaired) electrons. The molecule has 0 fully saturated rings. The van der Waals surface area contributed by atoms with Gasteiger partial charge in [-0.1, -0.05) is 5.92 Å². The molecule has 0 amide bonds. The Labute approximate surface area is 87.6 Å². The summed E-state index contributed by atoms with van der Waals surface area (Å²) in [5.74, 6) is 3.87. The van der Waals surface area contributed by atoms with E-state index >= 15 is 0 Å². The average Bonchev–Trinajstić information content (AvgIpc) is 2.29. The summed E-state index contributed by atoms with van der Waals surface area (Å²) in [5, 5.41) is 3.04. The van der Waals surface area contributed by atoms with E-state index < -0.39 is 0 Å². The van der Waals surface area contributed by atoms with Crippen LogP contribution in [0, 0.1) is 12.3 Å². The molecule has 0 atom stereocenters. The van der Waals surface area contributed by atoms with Gasteiger partial charge >= 0.3 is 0 Å². The lowest BCUT2D eigenvalue weighted by Crippen LogP contribution is -2.24. The maximum absolute atomic E-state index is 5.16. The summed E-state index contributed by atoms with van der Waals surface area (Å²) in [5.41, 5.74) is 0.846. The second-order valence-corrected chi connectivity index (χ2v) is 2.94. The van der Waals surface area contributed by atoms with Gasteiger partial charge in [0.2, 0.25) is 0 Å². The van der Waals surface area contributed by atoms with Crippen LogP contribution in [-0.4, -0.2) is 29.0 Å². The number of hydrogen-bond donors (Lipinski definition) is 1. The third-order valence-corrected chi connectivity index (χ3v) is 1.88. The van der Waals surface area contributed by atoms with Crippen LogP contribution in [0.15, 0.2) is 17.4 Å². The molecule has 0 bridgehead atoms. The van der Waals surface area contributed by atoms with Gasteiger partial charge in [0.1, 0.15) is 24.7 Å². The summed E-state index contributed by atoms with van der Waals surface area (Å²) < 4.78 is 5.16. The molecule has 15 heavy (non-hydrogen) atoms. The molecule has 2 rings (SSSR count). The third kappa shape index (κ3) is 2.30. The van der Waals surface area contributed by atoms with E-state index in [1.54, 1.807) is 12.4 Å². The van der Waals surface area contributed by atoms with E-state index in [-0.39, 0.29) is 6.61 Å². The molecule has 1 N–H and O–H groups in total. The van der Waals surface area contributed by atoms with Crippen molar-refractivity contribution in [3.05, 3.63) is 18.1 Å². The van der Waals surface area contributed by atoms with E-state index in [1.807, 2.05) is 0 Å². The van der Waals surface area contributed by atoms with Crippen LogP contribution < -0.4 is 5.32 Å². The first-order valence-corrected chi connectivity index (χ1v) is 4.51. The van der Waals surface area contributed by atoms with Crippen molar-refractivity contribution in [1.82, 2.24) is 9.97 Å². The fourth-order valence-corrected chi connectivity index (χ4v) is 1.22. The molecule has 2 heterocycles. The fourth-order valence-electron chi connectivity index (χ4n) is 1.22. The van der Waals surface area contributed by atoms with Crippen LogP contribution in [0.5, 0.6) is 0 Å². The largest absolute Gasteiger partial charge is 0.361 e. The summed E-state index contributed by atoms with van der Waals surface area (Å²) in [7, 11) is 0. The van der Waals surface area contributed by atoms with E-state index in [1.165, 1.54) is 0 Å². The predicted molar refractivity (Wildman–Crippen MR) is 56.4 cm³/mol. The van der Waals surface area contributed by atoms with E-state index in [2.05, 4.69) is 26.2 Å². The molecule has 1 aromatic rings. The molecule has 0 aliphatic carbocycles. The highest BCUT2D eigenvalue weighted by atomic mass is 16.5. The Morgan fingerprint density at radius 3 is 3.20 bits per heavy atom. The van der Waals surface area contributed by atoms with E-state index in [4.69, 9.17) is 11.2 Å². The highest BCUT2D eigenvalue weighted by molar-refractivity contribution is 5.97. The van der Waals surface area contributed by atoms with E-state index in [9.17, 15) is 0 Å². The minimum absolute atomic E-state index is 0.286. The normalized spacial score (nSPS) is 13.4. The topological polar surface area (TPSA) is 59.4 Å². The van der Waals surface area contributed by atoms with Crippen LogP contribution in [0.3, 0.4) is 0 Å². The zero-order valence-electron chi connectivity index (χ0n) is 8.10. The van der Waals surface area contributed by atoms with Gasteiger partial charge in [-0.2, -0.15) is 0 Å². The Morgan fingerprint density at radius 1 is 1.47 bits per heavy atom. The summed E-state index contributed by atoms with van der Waals surface area (Å²) in [6.45, 7) is 1.19. The van der Waals surface area contributed by atoms with Crippen LogP contribution in [0.25, 0.3) is 0 Å². The van der Waals surface area contributed by atoms with Crippen molar-refractivity contribution in [1.29, 1.82) is 0 Å². The van der Waals surface area contributed by atoms with Crippen molar-refractivity contribution in [2.75, 3.05) is 18.5 Å². The van der Waals surface area contributed by atoms with Gasteiger partial charge in [0, 0.05) is 12.4 Å². The predicted octanol–water partition coefficient (Wildman–Crippen LogP) is 0.450. The number of hydrogen-bond acceptors (Lipinski definition) is 5. The first-order valence-electron chi connectivity index (χ1n) is 4.51. The first kappa shape index (κ1) is 9.62. The average molecular weight is 202 g/mol. The summed E-state index contributed by atoms with van der Waals surface area (Å²) >= 11 is 0. The lowest BCUT2D eigenvalue weighted by molar-refractivity contribution is 0.209. The number of rotatable bonds is 3. The summed E-state index contributed by atoms with van der Waals surface area (Å²) in [6.07, 6.45) is 8.35. The number of anilines is 1. The Kier molecular flexibility index (Phi) is 2.90. The second kappa shape index (κ2) is 4.53. The highest BCUT2D eigenvalue weighted by Gasteiger charge is 2.12. The van der Waals surface area contributed by atoms with E-state index in [0.29, 0.717) is 13.2 Å². The summed E-state index contributed by atoms with van der Waals surface area (Å²) in [4.78, 5) is 12.5. The molecule has 1 aliphatic heterocycles. The summed E-state index contributed by atoms with van der Waals surface area (Å²) in [6, 6.07) is 0. The standard InChI is InChI=1S/C10H10N4O/c1-2-5-15-7-9-13-6-8-10(14-9)12-4-3-11-8/h1,3-4H,5-7H2,(H,12,13,14). The smallest absolute Gasteiger partial charge is 0.155 e. The lowest BCUT2D eigenvalue weighted by atomic mass is 10.3. The molecular weight excluding hydrogens is 192 g/mol. The Bertz CT molecular complexity index is 422. The molecule has 1 aliphatic rings. The van der Waals surface area contributed by atoms with Gasteiger partial charge in [-0.15, -0.1) is 6.42 Å². The number of terminal acetylenes is 1. The minimum Gasteiger partial charge on any atom is -0.361 e.